The topological polar surface area (TPSA) is 12.0 Å². The van der Waals surface area contributed by atoms with Crippen LogP contribution in [0.15, 0.2) is 59.1 Å². The predicted molar refractivity (Wildman–Crippen MR) is 85.5 cm³/mol. The minimum Gasteiger partial charge on any atom is -0.314 e. The van der Waals surface area contributed by atoms with Crippen LogP contribution in [0.4, 0.5) is 0 Å². The Balaban J connectivity index is 2.06. The highest BCUT2D eigenvalue weighted by Crippen LogP contribution is 2.18. The van der Waals surface area contributed by atoms with Gasteiger partial charge in [-0.15, -0.1) is 0 Å². The summed E-state index contributed by atoms with van der Waals surface area (Å²) in [5.74, 6) is 0. The lowest BCUT2D eigenvalue weighted by atomic mass is 9.99. The normalized spacial score (nSPS) is 12.3. The fourth-order valence-electron chi connectivity index (χ4n) is 2.33. The van der Waals surface area contributed by atoms with Gasteiger partial charge in [-0.25, -0.2) is 0 Å². The molecule has 0 saturated heterocycles. The average molecular weight is 318 g/mol. The molecule has 0 spiro atoms. The van der Waals surface area contributed by atoms with Crippen LogP contribution in [0.3, 0.4) is 0 Å². The molecular formula is C17H20BrN. The number of benzene rings is 2. The molecule has 1 unspecified atom stereocenters. The Hall–Kier alpha value is -1.12. The third kappa shape index (κ3) is 4.48. The van der Waals surface area contributed by atoms with E-state index in [2.05, 4.69) is 82.8 Å². The second-order valence-corrected chi connectivity index (χ2v) is 5.59. The van der Waals surface area contributed by atoms with Crippen LogP contribution in [0.1, 0.15) is 18.1 Å². The van der Waals surface area contributed by atoms with Gasteiger partial charge < -0.3 is 5.32 Å². The first-order chi connectivity index (χ1) is 9.29. The summed E-state index contributed by atoms with van der Waals surface area (Å²) in [6, 6.07) is 19.6. The molecule has 0 heterocycles. The Kier molecular flexibility index (Phi) is 5.62. The first kappa shape index (κ1) is 14.3. The van der Waals surface area contributed by atoms with Crippen molar-refractivity contribution in [1.29, 1.82) is 0 Å². The van der Waals surface area contributed by atoms with Crippen LogP contribution in [-0.4, -0.2) is 12.6 Å². The summed E-state index contributed by atoms with van der Waals surface area (Å²) >= 11 is 3.63. The summed E-state index contributed by atoms with van der Waals surface area (Å²) in [5, 5.41) is 3.59. The van der Waals surface area contributed by atoms with Gasteiger partial charge in [-0.05, 0) is 36.6 Å². The predicted octanol–water partition coefficient (Wildman–Crippen LogP) is 4.21. The van der Waals surface area contributed by atoms with Crippen LogP contribution in [0, 0.1) is 0 Å². The molecule has 19 heavy (non-hydrogen) atoms. The lowest BCUT2D eigenvalue weighted by molar-refractivity contribution is 0.521. The summed E-state index contributed by atoms with van der Waals surface area (Å²) in [7, 11) is 0. The van der Waals surface area contributed by atoms with Gasteiger partial charge in [0.15, 0.2) is 0 Å². The van der Waals surface area contributed by atoms with Crippen LogP contribution in [0.5, 0.6) is 0 Å². The lowest BCUT2D eigenvalue weighted by Gasteiger charge is -2.19. The van der Waals surface area contributed by atoms with E-state index in [1.807, 2.05) is 0 Å². The van der Waals surface area contributed by atoms with Crippen LogP contribution in [-0.2, 0) is 12.8 Å². The molecule has 0 amide bonds. The average Bonchev–Trinajstić information content (AvgIpc) is 2.43. The zero-order chi connectivity index (χ0) is 13.5. The number of likely N-dealkylation sites (N-methyl/N-ethyl adjacent to an activating group) is 1. The minimum atomic E-state index is 0.478. The fraction of sp³-hybridized carbons (Fsp3) is 0.294. The number of hydrogen-bond acceptors (Lipinski definition) is 1. The van der Waals surface area contributed by atoms with Crippen molar-refractivity contribution in [2.75, 3.05) is 6.54 Å². The van der Waals surface area contributed by atoms with E-state index >= 15 is 0 Å². The number of hydrogen-bond donors (Lipinski definition) is 1. The van der Waals surface area contributed by atoms with Gasteiger partial charge in [0, 0.05) is 10.5 Å². The van der Waals surface area contributed by atoms with E-state index in [1.54, 1.807) is 0 Å². The molecule has 0 aliphatic rings. The molecular weight excluding hydrogens is 298 g/mol. The van der Waals surface area contributed by atoms with Gasteiger partial charge in [0.05, 0.1) is 0 Å². The fourth-order valence-corrected chi connectivity index (χ4v) is 2.78. The van der Waals surface area contributed by atoms with E-state index in [0.717, 1.165) is 19.4 Å². The highest BCUT2D eigenvalue weighted by molar-refractivity contribution is 9.10. The van der Waals surface area contributed by atoms with E-state index in [4.69, 9.17) is 0 Å². The zero-order valence-electron chi connectivity index (χ0n) is 11.3. The molecule has 2 aromatic carbocycles. The van der Waals surface area contributed by atoms with E-state index in [1.165, 1.54) is 15.6 Å². The second-order valence-electron chi connectivity index (χ2n) is 4.74. The molecule has 2 heteroatoms. The Morgan fingerprint density at radius 2 is 1.63 bits per heavy atom. The Bertz CT molecular complexity index is 496. The first-order valence-corrected chi connectivity index (χ1v) is 7.59. The summed E-state index contributed by atoms with van der Waals surface area (Å²) in [6.45, 7) is 3.17. The maximum atomic E-state index is 3.63. The molecule has 0 radical (unpaired) electrons. The van der Waals surface area contributed by atoms with Gasteiger partial charge >= 0.3 is 0 Å². The molecule has 2 rings (SSSR count). The van der Waals surface area contributed by atoms with Crippen LogP contribution >= 0.6 is 15.9 Å². The molecule has 1 nitrogen and oxygen atoms in total. The first-order valence-electron chi connectivity index (χ1n) is 6.80. The van der Waals surface area contributed by atoms with Gasteiger partial charge in [0.1, 0.15) is 0 Å². The summed E-state index contributed by atoms with van der Waals surface area (Å²) in [4.78, 5) is 0. The van der Waals surface area contributed by atoms with E-state index < -0.39 is 0 Å². The van der Waals surface area contributed by atoms with Crippen molar-refractivity contribution in [2.24, 2.45) is 0 Å². The van der Waals surface area contributed by atoms with Gasteiger partial charge in [-0.2, -0.15) is 0 Å². The smallest absolute Gasteiger partial charge is 0.0207 e. The quantitative estimate of drug-likeness (QED) is 0.841. The monoisotopic (exact) mass is 317 g/mol. The Morgan fingerprint density at radius 1 is 0.947 bits per heavy atom. The van der Waals surface area contributed by atoms with E-state index in [9.17, 15) is 0 Å². The van der Waals surface area contributed by atoms with Gasteiger partial charge in [0.25, 0.3) is 0 Å². The molecule has 0 aliphatic heterocycles. The van der Waals surface area contributed by atoms with Crippen LogP contribution in [0.2, 0.25) is 0 Å². The largest absolute Gasteiger partial charge is 0.314 e. The molecule has 1 atom stereocenters. The minimum absolute atomic E-state index is 0.478. The highest BCUT2D eigenvalue weighted by atomic mass is 79.9. The lowest BCUT2D eigenvalue weighted by Crippen LogP contribution is -2.33. The standard InChI is InChI=1S/C17H20BrN/c1-2-19-16(12-14-8-4-3-5-9-14)13-15-10-6-7-11-17(15)18/h3-11,16,19H,2,12-13H2,1H3. The van der Waals surface area contributed by atoms with Crippen LogP contribution in [0.25, 0.3) is 0 Å². The highest BCUT2D eigenvalue weighted by Gasteiger charge is 2.11. The molecule has 0 aromatic heterocycles. The van der Waals surface area contributed by atoms with Crippen molar-refractivity contribution in [3.8, 4) is 0 Å². The second kappa shape index (κ2) is 7.46. The van der Waals surface area contributed by atoms with Crippen molar-refractivity contribution >= 4 is 15.9 Å². The van der Waals surface area contributed by atoms with Gasteiger partial charge in [0.2, 0.25) is 0 Å². The van der Waals surface area contributed by atoms with Crippen molar-refractivity contribution < 1.29 is 0 Å². The zero-order valence-corrected chi connectivity index (χ0v) is 12.9. The van der Waals surface area contributed by atoms with Crippen LogP contribution < -0.4 is 5.32 Å². The molecule has 0 saturated carbocycles. The summed E-state index contributed by atoms with van der Waals surface area (Å²) in [6.07, 6.45) is 2.11. The van der Waals surface area contributed by atoms with Crippen molar-refractivity contribution in [2.45, 2.75) is 25.8 Å². The van der Waals surface area contributed by atoms with E-state index in [-0.39, 0.29) is 0 Å². The maximum Gasteiger partial charge on any atom is 0.0207 e. The number of nitrogens with one attached hydrogen (secondary N) is 1. The third-order valence-electron chi connectivity index (χ3n) is 3.24. The number of rotatable bonds is 6. The van der Waals surface area contributed by atoms with Crippen molar-refractivity contribution in [3.63, 3.8) is 0 Å². The molecule has 0 fully saturated rings. The molecule has 2 aromatic rings. The Labute approximate surface area is 124 Å². The molecule has 0 bridgehead atoms. The SMILES string of the molecule is CCNC(Cc1ccccc1)Cc1ccccc1Br. The Morgan fingerprint density at radius 3 is 2.32 bits per heavy atom. The van der Waals surface area contributed by atoms with Crippen molar-refractivity contribution in [3.05, 3.63) is 70.2 Å². The summed E-state index contributed by atoms with van der Waals surface area (Å²) in [5.41, 5.74) is 2.75. The molecule has 0 aliphatic carbocycles. The van der Waals surface area contributed by atoms with E-state index in [0.29, 0.717) is 6.04 Å². The van der Waals surface area contributed by atoms with Crippen molar-refractivity contribution in [1.82, 2.24) is 5.32 Å². The van der Waals surface area contributed by atoms with Gasteiger partial charge in [-0.1, -0.05) is 71.4 Å². The summed E-state index contributed by atoms with van der Waals surface area (Å²) < 4.78 is 1.20. The molecule has 1 N–H and O–H groups in total. The number of halogens is 1. The maximum absolute atomic E-state index is 3.63. The molecule has 100 valence electrons. The third-order valence-corrected chi connectivity index (χ3v) is 4.02. The van der Waals surface area contributed by atoms with Gasteiger partial charge in [-0.3, -0.25) is 0 Å².